The van der Waals surface area contributed by atoms with Crippen molar-refractivity contribution in [2.45, 2.75) is 25.3 Å². The molecule has 1 atom stereocenters. The summed E-state index contributed by atoms with van der Waals surface area (Å²) in [6.07, 6.45) is 2.56. The zero-order valence-electron chi connectivity index (χ0n) is 8.87. The number of carbonyl (C=O) groups excluding carboxylic acids is 2. The van der Waals surface area contributed by atoms with Crippen molar-refractivity contribution in [3.8, 4) is 0 Å². The van der Waals surface area contributed by atoms with E-state index < -0.39 is 0 Å². The lowest BCUT2D eigenvalue weighted by atomic mass is 10.1. The molecule has 2 heterocycles. The van der Waals surface area contributed by atoms with E-state index in [2.05, 4.69) is 5.32 Å². The monoisotopic (exact) mass is 212 g/mol. The van der Waals surface area contributed by atoms with E-state index in [0.29, 0.717) is 13.0 Å². The standard InChI is InChI=1S/C10H17N3O2/c14-9(13-5-1-2-6-13)7-8-10(15)12-4-3-11-8/h8,11H,1-7H2,(H,12,15)/p+1/t8-/m1/s1. The summed E-state index contributed by atoms with van der Waals surface area (Å²) in [5.74, 6) is 0.139. The highest BCUT2D eigenvalue weighted by atomic mass is 16.2. The van der Waals surface area contributed by atoms with Gasteiger partial charge in [0.1, 0.15) is 0 Å². The molecule has 2 aliphatic heterocycles. The Morgan fingerprint density at radius 3 is 2.87 bits per heavy atom. The van der Waals surface area contributed by atoms with E-state index in [1.165, 1.54) is 0 Å². The number of amides is 2. The molecule has 5 nitrogen and oxygen atoms in total. The molecule has 0 saturated carbocycles. The molecule has 0 aromatic heterocycles. The maximum atomic E-state index is 11.8. The van der Waals surface area contributed by atoms with Crippen LogP contribution in [-0.4, -0.2) is 48.9 Å². The summed E-state index contributed by atoms with van der Waals surface area (Å²) in [6, 6.07) is -0.202. The van der Waals surface area contributed by atoms with E-state index in [9.17, 15) is 9.59 Å². The molecule has 2 fully saturated rings. The highest BCUT2D eigenvalue weighted by Crippen LogP contribution is 2.09. The molecule has 0 aromatic carbocycles. The smallest absolute Gasteiger partial charge is 0.278 e. The Kier molecular flexibility index (Phi) is 3.20. The van der Waals surface area contributed by atoms with E-state index in [0.717, 1.165) is 32.5 Å². The van der Waals surface area contributed by atoms with Crippen molar-refractivity contribution in [2.75, 3.05) is 26.2 Å². The summed E-state index contributed by atoms with van der Waals surface area (Å²) in [5.41, 5.74) is 0. The summed E-state index contributed by atoms with van der Waals surface area (Å²) in [6.45, 7) is 3.33. The zero-order valence-corrected chi connectivity index (χ0v) is 8.87. The van der Waals surface area contributed by atoms with Gasteiger partial charge in [-0.05, 0) is 12.8 Å². The Morgan fingerprint density at radius 1 is 1.47 bits per heavy atom. The van der Waals surface area contributed by atoms with Crippen molar-refractivity contribution in [1.82, 2.24) is 10.2 Å². The van der Waals surface area contributed by atoms with Crippen molar-refractivity contribution < 1.29 is 14.9 Å². The fourth-order valence-electron chi connectivity index (χ4n) is 2.18. The normalized spacial score (nSPS) is 26.5. The maximum absolute atomic E-state index is 11.8. The predicted molar refractivity (Wildman–Crippen MR) is 54.0 cm³/mol. The van der Waals surface area contributed by atoms with Crippen LogP contribution in [0.2, 0.25) is 0 Å². The molecule has 3 N–H and O–H groups in total. The third-order valence-electron chi connectivity index (χ3n) is 3.08. The topological polar surface area (TPSA) is 66.0 Å². The molecular weight excluding hydrogens is 194 g/mol. The largest absolute Gasteiger partial charge is 0.345 e. The number of hydrogen-bond acceptors (Lipinski definition) is 2. The second-order valence-electron chi connectivity index (χ2n) is 4.21. The van der Waals surface area contributed by atoms with E-state index >= 15 is 0 Å². The summed E-state index contributed by atoms with van der Waals surface area (Å²) in [4.78, 5) is 25.1. The number of nitrogens with one attached hydrogen (secondary N) is 1. The van der Waals surface area contributed by atoms with Gasteiger partial charge in [-0.15, -0.1) is 0 Å². The van der Waals surface area contributed by atoms with Gasteiger partial charge in [-0.1, -0.05) is 0 Å². The quantitative estimate of drug-likeness (QED) is 0.559. The van der Waals surface area contributed by atoms with Crippen molar-refractivity contribution in [3.63, 3.8) is 0 Å². The van der Waals surface area contributed by atoms with Crippen LogP contribution in [0.15, 0.2) is 0 Å². The summed E-state index contributed by atoms with van der Waals surface area (Å²) >= 11 is 0. The Bertz CT molecular complexity index is 261. The summed E-state index contributed by atoms with van der Waals surface area (Å²) in [5, 5.41) is 4.75. The number of rotatable bonds is 2. The van der Waals surface area contributed by atoms with Crippen LogP contribution >= 0.6 is 0 Å². The average molecular weight is 212 g/mol. The fourth-order valence-corrected chi connectivity index (χ4v) is 2.18. The molecule has 0 bridgehead atoms. The molecule has 5 heteroatoms. The minimum atomic E-state index is -0.202. The first-order valence-corrected chi connectivity index (χ1v) is 5.66. The van der Waals surface area contributed by atoms with Gasteiger partial charge in [0.05, 0.1) is 19.5 Å². The minimum absolute atomic E-state index is 0.00815. The van der Waals surface area contributed by atoms with Crippen molar-refractivity contribution in [2.24, 2.45) is 0 Å². The molecule has 2 saturated heterocycles. The first-order chi connectivity index (χ1) is 7.27. The van der Waals surface area contributed by atoms with Crippen LogP contribution in [0, 0.1) is 0 Å². The number of carbonyl (C=O) groups is 2. The molecule has 2 amide bonds. The van der Waals surface area contributed by atoms with Crippen molar-refractivity contribution >= 4 is 11.8 Å². The molecule has 0 aromatic rings. The average Bonchev–Trinajstić information content (AvgIpc) is 2.74. The number of quaternary nitrogens is 1. The first kappa shape index (κ1) is 10.4. The lowest BCUT2D eigenvalue weighted by molar-refractivity contribution is -0.678. The summed E-state index contributed by atoms with van der Waals surface area (Å²) in [7, 11) is 0. The van der Waals surface area contributed by atoms with Crippen molar-refractivity contribution in [1.29, 1.82) is 0 Å². The van der Waals surface area contributed by atoms with Crippen LogP contribution in [0.3, 0.4) is 0 Å². The molecule has 84 valence electrons. The molecule has 0 aliphatic carbocycles. The number of hydrogen-bond donors (Lipinski definition) is 2. The maximum Gasteiger partial charge on any atom is 0.278 e. The van der Waals surface area contributed by atoms with Gasteiger partial charge in [-0.2, -0.15) is 0 Å². The predicted octanol–water partition coefficient (Wildman–Crippen LogP) is -1.94. The molecule has 0 radical (unpaired) electrons. The Hall–Kier alpha value is -1.10. The molecule has 2 aliphatic rings. The van der Waals surface area contributed by atoms with E-state index in [4.69, 9.17) is 0 Å². The van der Waals surface area contributed by atoms with Crippen molar-refractivity contribution in [3.05, 3.63) is 0 Å². The lowest BCUT2D eigenvalue weighted by Crippen LogP contribution is -2.96. The third kappa shape index (κ3) is 2.47. The van der Waals surface area contributed by atoms with Crippen LogP contribution in [-0.2, 0) is 9.59 Å². The van der Waals surface area contributed by atoms with Crippen LogP contribution in [0.25, 0.3) is 0 Å². The van der Waals surface area contributed by atoms with Crippen LogP contribution in [0.1, 0.15) is 19.3 Å². The van der Waals surface area contributed by atoms with Gasteiger partial charge in [0.15, 0.2) is 6.04 Å². The third-order valence-corrected chi connectivity index (χ3v) is 3.08. The number of nitrogens with zero attached hydrogens (tertiary/aromatic N) is 1. The van der Waals surface area contributed by atoms with Gasteiger partial charge in [-0.25, -0.2) is 0 Å². The number of piperazine rings is 1. The van der Waals surface area contributed by atoms with Gasteiger partial charge < -0.3 is 15.5 Å². The van der Waals surface area contributed by atoms with Crippen LogP contribution < -0.4 is 10.6 Å². The molecular formula is C10H18N3O2+. The number of nitrogens with two attached hydrogens (primary N) is 1. The second-order valence-corrected chi connectivity index (χ2v) is 4.21. The Balaban J connectivity index is 1.84. The first-order valence-electron chi connectivity index (χ1n) is 5.66. The van der Waals surface area contributed by atoms with E-state index in [-0.39, 0.29) is 17.9 Å². The van der Waals surface area contributed by atoms with Gasteiger partial charge in [0.25, 0.3) is 5.91 Å². The molecule has 0 unspecified atom stereocenters. The molecule has 15 heavy (non-hydrogen) atoms. The minimum Gasteiger partial charge on any atom is -0.345 e. The summed E-state index contributed by atoms with van der Waals surface area (Å²) < 4.78 is 0. The van der Waals surface area contributed by atoms with Crippen LogP contribution in [0.5, 0.6) is 0 Å². The van der Waals surface area contributed by atoms with Gasteiger partial charge in [0.2, 0.25) is 5.91 Å². The van der Waals surface area contributed by atoms with Crippen LogP contribution in [0.4, 0.5) is 0 Å². The highest BCUT2D eigenvalue weighted by molar-refractivity contribution is 5.87. The zero-order chi connectivity index (χ0) is 10.7. The lowest BCUT2D eigenvalue weighted by Gasteiger charge is -2.22. The Labute approximate surface area is 89.2 Å². The van der Waals surface area contributed by atoms with E-state index in [1.807, 2.05) is 10.2 Å². The fraction of sp³-hybridized carbons (Fsp3) is 0.800. The van der Waals surface area contributed by atoms with Gasteiger partial charge in [0, 0.05) is 13.1 Å². The second kappa shape index (κ2) is 4.61. The Morgan fingerprint density at radius 2 is 2.20 bits per heavy atom. The highest BCUT2D eigenvalue weighted by Gasteiger charge is 2.30. The van der Waals surface area contributed by atoms with Gasteiger partial charge in [-0.3, -0.25) is 9.59 Å². The molecule has 2 rings (SSSR count). The SMILES string of the molecule is O=C1NCC[NH2+][C@@H]1CC(=O)N1CCCC1. The van der Waals surface area contributed by atoms with Gasteiger partial charge >= 0.3 is 0 Å². The van der Waals surface area contributed by atoms with E-state index in [1.54, 1.807) is 0 Å². The number of likely N-dealkylation sites (tertiary alicyclic amines) is 1. The molecule has 0 spiro atoms.